The number of nitrogens with zero attached hydrogens (tertiary/aromatic N) is 3. The molecule has 0 aliphatic carbocycles. The predicted octanol–water partition coefficient (Wildman–Crippen LogP) is 3.63. The Morgan fingerprint density at radius 1 is 1.03 bits per heavy atom. The van der Waals surface area contributed by atoms with Crippen LogP contribution < -0.4 is 5.32 Å². The molecule has 1 saturated heterocycles. The Labute approximate surface area is 191 Å². The molecule has 0 spiro atoms. The molecule has 170 valence electrons. The molecule has 2 aromatic rings. The molecule has 0 unspecified atom stereocenters. The van der Waals surface area contributed by atoms with Crippen molar-refractivity contribution in [1.29, 1.82) is 0 Å². The summed E-state index contributed by atoms with van der Waals surface area (Å²) in [5.41, 5.74) is 3.45. The van der Waals surface area contributed by atoms with Gasteiger partial charge >= 0.3 is 0 Å². The number of pyridine rings is 1. The van der Waals surface area contributed by atoms with Crippen LogP contribution in [0.15, 0.2) is 42.5 Å². The smallest absolute Gasteiger partial charge is 0.222 e. The van der Waals surface area contributed by atoms with Crippen molar-refractivity contribution >= 4 is 17.5 Å². The number of carbonyl (C=O) groups is 2. The van der Waals surface area contributed by atoms with Gasteiger partial charge < -0.3 is 10.2 Å². The second-order valence-corrected chi connectivity index (χ2v) is 8.89. The number of ketones is 1. The number of aryl methyl sites for hydroxylation is 2. The zero-order valence-electron chi connectivity index (χ0n) is 19.1. The van der Waals surface area contributed by atoms with Crippen LogP contribution in [-0.2, 0) is 22.4 Å². The molecule has 3 heterocycles. The van der Waals surface area contributed by atoms with Crippen molar-refractivity contribution in [3.63, 3.8) is 0 Å². The van der Waals surface area contributed by atoms with E-state index in [2.05, 4.69) is 22.3 Å². The molecule has 2 aliphatic rings. The van der Waals surface area contributed by atoms with Gasteiger partial charge in [-0.2, -0.15) is 0 Å². The van der Waals surface area contributed by atoms with E-state index in [0.717, 1.165) is 62.4 Å². The summed E-state index contributed by atoms with van der Waals surface area (Å²) in [5, 5.41) is 3.39. The number of fused-ring (bicyclic) bond motifs is 1. The molecule has 1 aromatic heterocycles. The van der Waals surface area contributed by atoms with E-state index in [0.29, 0.717) is 19.5 Å². The van der Waals surface area contributed by atoms with Gasteiger partial charge in [-0.1, -0.05) is 36.4 Å². The van der Waals surface area contributed by atoms with Crippen molar-refractivity contribution in [3.8, 4) is 0 Å². The number of nitrogens with one attached hydrogen (secondary N) is 1. The van der Waals surface area contributed by atoms with Crippen LogP contribution in [0.4, 0.5) is 5.82 Å². The number of aromatic nitrogens is 1. The average molecular weight is 435 g/mol. The van der Waals surface area contributed by atoms with Crippen LogP contribution in [0.1, 0.15) is 55.5 Å². The van der Waals surface area contributed by atoms with Gasteiger partial charge in [0.25, 0.3) is 0 Å². The van der Waals surface area contributed by atoms with Crippen molar-refractivity contribution < 1.29 is 9.59 Å². The maximum Gasteiger partial charge on any atom is 0.222 e. The summed E-state index contributed by atoms with van der Waals surface area (Å²) >= 11 is 0. The number of unbranched alkanes of at least 4 members (excludes halogenated alkanes) is 1. The first-order chi connectivity index (χ1) is 15.6. The van der Waals surface area contributed by atoms with Gasteiger partial charge in [-0.3, -0.25) is 14.5 Å². The number of anilines is 1. The Morgan fingerprint density at radius 3 is 2.56 bits per heavy atom. The minimum Gasteiger partial charge on any atom is -0.370 e. The number of amides is 1. The second-order valence-electron chi connectivity index (χ2n) is 8.89. The molecule has 2 aliphatic heterocycles. The minimum absolute atomic E-state index is 0.155. The third-order valence-corrected chi connectivity index (χ3v) is 6.56. The van der Waals surface area contributed by atoms with E-state index in [1.165, 1.54) is 12.0 Å². The molecule has 0 bridgehead atoms. The molecule has 32 heavy (non-hydrogen) atoms. The third-order valence-electron chi connectivity index (χ3n) is 6.56. The van der Waals surface area contributed by atoms with Gasteiger partial charge in [0.05, 0.1) is 6.04 Å². The van der Waals surface area contributed by atoms with Gasteiger partial charge in [0.2, 0.25) is 5.91 Å². The number of hydrogen-bond acceptors (Lipinski definition) is 5. The summed E-state index contributed by atoms with van der Waals surface area (Å²) in [6, 6.07) is 14.0. The monoisotopic (exact) mass is 434 g/mol. The number of carbonyl (C=O) groups excluding carboxylic acids is 2. The average Bonchev–Trinajstić information content (AvgIpc) is 2.82. The van der Waals surface area contributed by atoms with Crippen LogP contribution in [-0.4, -0.2) is 59.2 Å². The fraction of sp³-hybridized carbons (Fsp3) is 0.500. The lowest BCUT2D eigenvalue weighted by Crippen LogP contribution is -2.50. The quantitative estimate of drug-likeness (QED) is 0.643. The van der Waals surface area contributed by atoms with Gasteiger partial charge in [0.15, 0.2) is 5.78 Å². The molecule has 1 aromatic carbocycles. The van der Waals surface area contributed by atoms with E-state index in [9.17, 15) is 9.59 Å². The Balaban J connectivity index is 1.20. The molecule has 6 nitrogen and oxygen atoms in total. The van der Waals surface area contributed by atoms with E-state index in [4.69, 9.17) is 4.98 Å². The first-order valence-electron chi connectivity index (χ1n) is 11.9. The molecule has 4 rings (SSSR count). The number of piperazine rings is 1. The molecule has 1 amide bonds. The Morgan fingerprint density at radius 2 is 1.81 bits per heavy atom. The van der Waals surface area contributed by atoms with Crippen LogP contribution in [0.2, 0.25) is 0 Å². The largest absolute Gasteiger partial charge is 0.370 e. The van der Waals surface area contributed by atoms with Crippen molar-refractivity contribution in [1.82, 2.24) is 14.8 Å². The fourth-order valence-electron chi connectivity index (χ4n) is 4.82. The zero-order valence-corrected chi connectivity index (χ0v) is 19.1. The van der Waals surface area contributed by atoms with Crippen LogP contribution >= 0.6 is 0 Å². The van der Waals surface area contributed by atoms with E-state index in [1.807, 2.05) is 35.2 Å². The molecule has 1 N–H and O–H groups in total. The lowest BCUT2D eigenvalue weighted by atomic mass is 10.0. The summed E-state index contributed by atoms with van der Waals surface area (Å²) in [6.45, 7) is 5.50. The van der Waals surface area contributed by atoms with E-state index >= 15 is 0 Å². The summed E-state index contributed by atoms with van der Waals surface area (Å²) in [6.07, 6.45) is 5.62. The molecule has 0 saturated carbocycles. The highest BCUT2D eigenvalue weighted by Crippen LogP contribution is 2.24. The van der Waals surface area contributed by atoms with Crippen molar-refractivity contribution in [2.24, 2.45) is 0 Å². The topological polar surface area (TPSA) is 65.5 Å². The number of hydrogen-bond donors (Lipinski definition) is 1. The van der Waals surface area contributed by atoms with Gasteiger partial charge in [0, 0.05) is 44.8 Å². The zero-order chi connectivity index (χ0) is 22.3. The summed E-state index contributed by atoms with van der Waals surface area (Å²) in [5.74, 6) is 1.42. The summed E-state index contributed by atoms with van der Waals surface area (Å²) in [7, 11) is 0. The Kier molecular flexibility index (Phi) is 7.53. The second kappa shape index (κ2) is 10.7. The molecule has 0 radical (unpaired) electrons. The molecule has 6 heteroatoms. The van der Waals surface area contributed by atoms with Crippen molar-refractivity contribution in [3.05, 3.63) is 59.3 Å². The van der Waals surface area contributed by atoms with Gasteiger partial charge in [0.1, 0.15) is 5.82 Å². The van der Waals surface area contributed by atoms with Crippen LogP contribution in [0.25, 0.3) is 0 Å². The number of rotatable bonds is 8. The van der Waals surface area contributed by atoms with Crippen molar-refractivity contribution in [2.75, 3.05) is 38.0 Å². The predicted molar refractivity (Wildman–Crippen MR) is 127 cm³/mol. The minimum atomic E-state index is -0.216. The highest BCUT2D eigenvalue weighted by atomic mass is 16.2. The van der Waals surface area contributed by atoms with E-state index in [1.54, 1.807) is 6.92 Å². The van der Waals surface area contributed by atoms with Crippen LogP contribution in [0.5, 0.6) is 0 Å². The van der Waals surface area contributed by atoms with Gasteiger partial charge in [-0.15, -0.1) is 0 Å². The highest BCUT2D eigenvalue weighted by Gasteiger charge is 2.29. The maximum atomic E-state index is 12.7. The lowest BCUT2D eigenvalue weighted by Gasteiger charge is -2.38. The highest BCUT2D eigenvalue weighted by molar-refractivity contribution is 5.83. The van der Waals surface area contributed by atoms with E-state index in [-0.39, 0.29) is 17.7 Å². The van der Waals surface area contributed by atoms with Crippen LogP contribution in [0.3, 0.4) is 0 Å². The first kappa shape index (κ1) is 22.5. The third kappa shape index (κ3) is 5.54. The number of benzene rings is 1. The Bertz CT molecular complexity index is 923. The molecular weight excluding hydrogens is 400 g/mol. The SMILES string of the molecule is CC(=O)[C@@H](c1ccccc1)N1CCN(C(=O)CCCCc2ccc3c(n2)NCCC3)CC1. The molecule has 1 fully saturated rings. The fourth-order valence-corrected chi connectivity index (χ4v) is 4.82. The summed E-state index contributed by atoms with van der Waals surface area (Å²) in [4.78, 5) is 33.9. The molecular formula is C26H34N4O2. The molecule has 1 atom stereocenters. The normalized spacial score (nSPS) is 17.3. The van der Waals surface area contributed by atoms with Gasteiger partial charge in [-0.05, 0) is 56.2 Å². The number of Topliss-reactive ketones (excluding diaryl/α,β-unsaturated/α-hetero) is 1. The van der Waals surface area contributed by atoms with E-state index < -0.39 is 0 Å². The Hall–Kier alpha value is -2.73. The standard InChI is InChI=1S/C26H34N4O2/c1-20(31)25(21-8-3-2-4-9-21)30-18-16-29(17-19-30)24(32)12-6-5-11-23-14-13-22-10-7-15-27-26(22)28-23/h2-4,8-9,13-14,25H,5-7,10-12,15-19H2,1H3,(H,27,28)/t25-/m0/s1. The lowest BCUT2D eigenvalue weighted by molar-refractivity contribution is -0.134. The maximum absolute atomic E-state index is 12.7. The van der Waals surface area contributed by atoms with Gasteiger partial charge in [-0.25, -0.2) is 4.98 Å². The van der Waals surface area contributed by atoms with Crippen LogP contribution in [0, 0.1) is 0 Å². The summed E-state index contributed by atoms with van der Waals surface area (Å²) < 4.78 is 0. The first-order valence-corrected chi connectivity index (χ1v) is 11.9. The van der Waals surface area contributed by atoms with Crippen molar-refractivity contribution in [2.45, 2.75) is 51.5 Å².